The van der Waals surface area contributed by atoms with Gasteiger partial charge in [-0.2, -0.15) is 0 Å². The van der Waals surface area contributed by atoms with Crippen LogP contribution in [0.2, 0.25) is 0 Å². The maximum Gasteiger partial charge on any atom is 0.162 e. The van der Waals surface area contributed by atoms with Crippen molar-refractivity contribution in [1.82, 2.24) is 0 Å². The Bertz CT molecular complexity index is 423. The molecule has 1 aliphatic rings. The molecular formula is C17H25NO. The fourth-order valence-corrected chi connectivity index (χ4v) is 3.20. The maximum absolute atomic E-state index is 11.6. The first-order valence-electron chi connectivity index (χ1n) is 7.55. The minimum Gasteiger partial charge on any atom is -0.382 e. The van der Waals surface area contributed by atoms with Crippen LogP contribution in [-0.2, 0) is 0 Å². The predicted octanol–water partition coefficient (Wildman–Crippen LogP) is 4.52. The van der Waals surface area contributed by atoms with E-state index >= 15 is 0 Å². The van der Waals surface area contributed by atoms with E-state index in [4.69, 9.17) is 0 Å². The zero-order valence-electron chi connectivity index (χ0n) is 12.3. The van der Waals surface area contributed by atoms with E-state index in [-0.39, 0.29) is 5.78 Å². The SMILES string of the molecule is CCC(=O)c1ccc(NC2CCC(CC)C2C)cc1. The number of nitrogens with one attached hydrogen (secondary N) is 1. The molecular weight excluding hydrogens is 234 g/mol. The summed E-state index contributed by atoms with van der Waals surface area (Å²) in [7, 11) is 0. The number of benzene rings is 1. The zero-order chi connectivity index (χ0) is 13.8. The van der Waals surface area contributed by atoms with Crippen molar-refractivity contribution < 1.29 is 4.79 Å². The monoisotopic (exact) mass is 259 g/mol. The summed E-state index contributed by atoms with van der Waals surface area (Å²) in [4.78, 5) is 11.6. The molecule has 0 aromatic heterocycles. The third-order valence-corrected chi connectivity index (χ3v) is 4.63. The quantitative estimate of drug-likeness (QED) is 0.788. The lowest BCUT2D eigenvalue weighted by Gasteiger charge is -2.22. The molecule has 0 radical (unpaired) electrons. The normalized spacial score (nSPS) is 26.4. The molecule has 104 valence electrons. The number of carbonyl (C=O) groups is 1. The molecule has 1 fully saturated rings. The Morgan fingerprint density at radius 3 is 2.42 bits per heavy atom. The number of ketones is 1. The minimum atomic E-state index is 0.215. The standard InChI is InChI=1S/C17H25NO/c1-4-13-8-11-16(12(13)3)18-15-9-6-14(7-10-15)17(19)5-2/h6-7,9-10,12-13,16,18H,4-5,8,11H2,1-3H3. The smallest absolute Gasteiger partial charge is 0.162 e. The molecule has 0 aliphatic heterocycles. The van der Waals surface area contributed by atoms with Crippen LogP contribution in [0, 0.1) is 11.8 Å². The van der Waals surface area contributed by atoms with Gasteiger partial charge in [0, 0.05) is 23.7 Å². The first kappa shape index (κ1) is 14.1. The summed E-state index contributed by atoms with van der Waals surface area (Å²) in [5.74, 6) is 1.81. The summed E-state index contributed by atoms with van der Waals surface area (Å²) in [6.45, 7) is 6.54. The Labute approximate surface area is 116 Å². The second kappa shape index (κ2) is 6.23. The molecule has 3 unspecified atom stereocenters. The van der Waals surface area contributed by atoms with Gasteiger partial charge in [0.1, 0.15) is 0 Å². The van der Waals surface area contributed by atoms with Crippen LogP contribution in [0.5, 0.6) is 0 Å². The van der Waals surface area contributed by atoms with Gasteiger partial charge in [0.2, 0.25) is 0 Å². The summed E-state index contributed by atoms with van der Waals surface area (Å²) in [6, 6.07) is 8.53. The number of carbonyl (C=O) groups excluding carboxylic acids is 1. The highest BCUT2D eigenvalue weighted by Crippen LogP contribution is 2.35. The summed E-state index contributed by atoms with van der Waals surface area (Å²) in [5, 5.41) is 3.63. The highest BCUT2D eigenvalue weighted by atomic mass is 16.1. The van der Waals surface area contributed by atoms with Crippen molar-refractivity contribution in [3.05, 3.63) is 29.8 Å². The van der Waals surface area contributed by atoms with Crippen LogP contribution in [0.25, 0.3) is 0 Å². The lowest BCUT2D eigenvalue weighted by atomic mass is 9.93. The first-order valence-corrected chi connectivity index (χ1v) is 7.55. The fraction of sp³-hybridized carbons (Fsp3) is 0.588. The number of anilines is 1. The first-order chi connectivity index (χ1) is 9.15. The highest BCUT2D eigenvalue weighted by Gasteiger charge is 2.31. The number of hydrogen-bond acceptors (Lipinski definition) is 2. The number of Topliss-reactive ketones (excluding diaryl/α,β-unsaturated/α-hetero) is 1. The maximum atomic E-state index is 11.6. The summed E-state index contributed by atoms with van der Waals surface area (Å²) in [6.07, 6.45) is 4.45. The van der Waals surface area contributed by atoms with E-state index in [1.807, 2.05) is 31.2 Å². The van der Waals surface area contributed by atoms with E-state index < -0.39 is 0 Å². The van der Waals surface area contributed by atoms with Gasteiger partial charge >= 0.3 is 0 Å². The molecule has 1 aliphatic carbocycles. The molecule has 0 bridgehead atoms. The zero-order valence-corrected chi connectivity index (χ0v) is 12.3. The van der Waals surface area contributed by atoms with Crippen molar-refractivity contribution in [1.29, 1.82) is 0 Å². The van der Waals surface area contributed by atoms with Gasteiger partial charge in [0.25, 0.3) is 0 Å². The van der Waals surface area contributed by atoms with E-state index in [1.165, 1.54) is 19.3 Å². The van der Waals surface area contributed by atoms with Gasteiger partial charge in [-0.05, 0) is 48.9 Å². The summed E-state index contributed by atoms with van der Waals surface area (Å²) >= 11 is 0. The summed E-state index contributed by atoms with van der Waals surface area (Å²) in [5.41, 5.74) is 1.96. The number of rotatable bonds is 5. The van der Waals surface area contributed by atoms with E-state index in [1.54, 1.807) is 0 Å². The second-order valence-corrected chi connectivity index (χ2v) is 5.71. The van der Waals surface area contributed by atoms with Crippen molar-refractivity contribution >= 4 is 11.5 Å². The Kier molecular flexibility index (Phi) is 4.62. The van der Waals surface area contributed by atoms with Crippen LogP contribution in [0.1, 0.15) is 56.8 Å². The van der Waals surface area contributed by atoms with Crippen LogP contribution in [0.4, 0.5) is 5.69 Å². The Morgan fingerprint density at radius 2 is 1.89 bits per heavy atom. The molecule has 0 spiro atoms. The van der Waals surface area contributed by atoms with Gasteiger partial charge in [-0.15, -0.1) is 0 Å². The summed E-state index contributed by atoms with van der Waals surface area (Å²) < 4.78 is 0. The van der Waals surface area contributed by atoms with Crippen molar-refractivity contribution in [3.63, 3.8) is 0 Å². The number of hydrogen-bond donors (Lipinski definition) is 1. The third-order valence-electron chi connectivity index (χ3n) is 4.63. The van der Waals surface area contributed by atoms with Gasteiger partial charge in [-0.3, -0.25) is 4.79 Å². The molecule has 0 amide bonds. The Balaban J connectivity index is 1.98. The minimum absolute atomic E-state index is 0.215. The van der Waals surface area contributed by atoms with Crippen LogP contribution in [-0.4, -0.2) is 11.8 Å². The molecule has 1 aromatic rings. The van der Waals surface area contributed by atoms with Crippen molar-refractivity contribution in [3.8, 4) is 0 Å². The van der Waals surface area contributed by atoms with Crippen LogP contribution < -0.4 is 5.32 Å². The van der Waals surface area contributed by atoms with Crippen LogP contribution in [0.15, 0.2) is 24.3 Å². The topological polar surface area (TPSA) is 29.1 Å². The lowest BCUT2D eigenvalue weighted by Crippen LogP contribution is -2.24. The molecule has 1 N–H and O–H groups in total. The van der Waals surface area contributed by atoms with Gasteiger partial charge in [-0.1, -0.05) is 27.2 Å². The van der Waals surface area contributed by atoms with E-state index in [0.29, 0.717) is 12.5 Å². The molecule has 0 heterocycles. The van der Waals surface area contributed by atoms with Gasteiger partial charge in [0.05, 0.1) is 0 Å². The van der Waals surface area contributed by atoms with Crippen LogP contribution in [0.3, 0.4) is 0 Å². The average Bonchev–Trinajstić information content (AvgIpc) is 2.79. The molecule has 2 nitrogen and oxygen atoms in total. The van der Waals surface area contributed by atoms with Gasteiger partial charge in [0.15, 0.2) is 5.78 Å². The Morgan fingerprint density at radius 1 is 1.21 bits per heavy atom. The molecule has 1 saturated carbocycles. The van der Waals surface area contributed by atoms with Crippen molar-refractivity contribution in [2.24, 2.45) is 11.8 Å². The molecule has 3 atom stereocenters. The van der Waals surface area contributed by atoms with Crippen molar-refractivity contribution in [2.75, 3.05) is 5.32 Å². The molecule has 2 heteroatoms. The molecule has 0 saturated heterocycles. The van der Waals surface area contributed by atoms with E-state index in [2.05, 4.69) is 19.2 Å². The van der Waals surface area contributed by atoms with E-state index in [0.717, 1.165) is 23.1 Å². The average molecular weight is 259 g/mol. The van der Waals surface area contributed by atoms with Crippen LogP contribution >= 0.6 is 0 Å². The van der Waals surface area contributed by atoms with Crippen molar-refractivity contribution in [2.45, 2.75) is 52.5 Å². The fourth-order valence-electron chi connectivity index (χ4n) is 3.20. The molecule has 19 heavy (non-hydrogen) atoms. The highest BCUT2D eigenvalue weighted by molar-refractivity contribution is 5.96. The van der Waals surface area contributed by atoms with E-state index in [9.17, 15) is 4.79 Å². The second-order valence-electron chi connectivity index (χ2n) is 5.71. The largest absolute Gasteiger partial charge is 0.382 e. The molecule has 2 rings (SSSR count). The molecule has 1 aromatic carbocycles. The lowest BCUT2D eigenvalue weighted by molar-refractivity contribution is 0.0988. The van der Waals surface area contributed by atoms with Gasteiger partial charge in [-0.25, -0.2) is 0 Å². The predicted molar refractivity (Wildman–Crippen MR) is 80.7 cm³/mol. The third kappa shape index (κ3) is 3.17. The van der Waals surface area contributed by atoms with Gasteiger partial charge < -0.3 is 5.32 Å². The Hall–Kier alpha value is -1.31.